The van der Waals surface area contributed by atoms with E-state index in [2.05, 4.69) is 4.98 Å². The molecule has 2 aromatic heterocycles. The molecule has 0 bridgehead atoms. The van der Waals surface area contributed by atoms with Crippen LogP contribution in [-0.4, -0.2) is 26.9 Å². The minimum absolute atomic E-state index is 0.0333. The van der Waals surface area contributed by atoms with Crippen LogP contribution in [0.2, 0.25) is 5.02 Å². The fourth-order valence-corrected chi connectivity index (χ4v) is 3.20. The minimum atomic E-state index is -1.29. The largest absolute Gasteiger partial charge is 0.481 e. The molecule has 7 heteroatoms. The molecule has 1 aromatic carbocycles. The van der Waals surface area contributed by atoms with Crippen LogP contribution in [-0.2, 0) is 10.4 Å². The number of nitrogens with one attached hydrogen (secondary N) is 1. The van der Waals surface area contributed by atoms with Gasteiger partial charge in [-0.3, -0.25) is 9.59 Å². The van der Waals surface area contributed by atoms with Crippen LogP contribution in [0.15, 0.2) is 34.9 Å². The Morgan fingerprint density at radius 1 is 1.27 bits per heavy atom. The van der Waals surface area contributed by atoms with E-state index >= 15 is 0 Å². The lowest BCUT2D eigenvalue weighted by molar-refractivity contribution is -0.138. The van der Waals surface area contributed by atoms with Gasteiger partial charge in [-0.05, 0) is 39.0 Å². The molecule has 2 heterocycles. The first-order valence-electron chi connectivity index (χ1n) is 8.00. The van der Waals surface area contributed by atoms with Crippen LogP contribution in [0.3, 0.4) is 0 Å². The Morgan fingerprint density at radius 2 is 1.96 bits per heavy atom. The van der Waals surface area contributed by atoms with Crippen molar-refractivity contribution in [3.8, 4) is 0 Å². The van der Waals surface area contributed by atoms with E-state index in [-0.39, 0.29) is 11.5 Å². The third-order valence-electron chi connectivity index (χ3n) is 4.36. The molecule has 26 heavy (non-hydrogen) atoms. The molecule has 3 N–H and O–H groups in total. The Labute approximate surface area is 154 Å². The van der Waals surface area contributed by atoms with Gasteiger partial charge >= 0.3 is 5.97 Å². The number of aromatic nitrogens is 1. The molecule has 0 aliphatic carbocycles. The van der Waals surface area contributed by atoms with Crippen molar-refractivity contribution in [3.63, 3.8) is 0 Å². The van der Waals surface area contributed by atoms with E-state index in [4.69, 9.17) is 16.0 Å². The molecule has 3 aromatic rings. The lowest BCUT2D eigenvalue weighted by Gasteiger charge is -2.16. The third kappa shape index (κ3) is 3.02. The SMILES string of the molecule is CC(C(=O)O)c1c(C(=O)c2occc2C(C)(C)O)[nH]c2cc(Cl)ccc12. The maximum absolute atomic E-state index is 13.1. The van der Waals surface area contributed by atoms with Crippen molar-refractivity contribution < 1.29 is 24.2 Å². The average molecular weight is 376 g/mol. The van der Waals surface area contributed by atoms with Crippen LogP contribution in [0.25, 0.3) is 10.9 Å². The first-order chi connectivity index (χ1) is 12.1. The summed E-state index contributed by atoms with van der Waals surface area (Å²) < 4.78 is 5.32. The summed E-state index contributed by atoms with van der Waals surface area (Å²) in [4.78, 5) is 27.7. The number of aromatic amines is 1. The highest BCUT2D eigenvalue weighted by molar-refractivity contribution is 6.31. The molecule has 0 aliphatic rings. The van der Waals surface area contributed by atoms with E-state index in [1.807, 2.05) is 0 Å². The number of rotatable bonds is 5. The van der Waals surface area contributed by atoms with Crippen LogP contribution < -0.4 is 0 Å². The molecule has 0 amide bonds. The zero-order chi connectivity index (χ0) is 19.2. The molecule has 1 atom stereocenters. The predicted octanol–water partition coefficient (Wildman–Crippen LogP) is 4.06. The monoisotopic (exact) mass is 375 g/mol. The number of carboxylic acid groups (broad SMARTS) is 1. The highest BCUT2D eigenvalue weighted by Gasteiger charge is 2.32. The highest BCUT2D eigenvalue weighted by Crippen LogP contribution is 2.34. The smallest absolute Gasteiger partial charge is 0.310 e. The van der Waals surface area contributed by atoms with Crippen LogP contribution in [0.4, 0.5) is 0 Å². The van der Waals surface area contributed by atoms with Crippen LogP contribution in [0, 0.1) is 0 Å². The number of carboxylic acids is 1. The van der Waals surface area contributed by atoms with Crippen molar-refractivity contribution in [3.05, 3.63) is 58.1 Å². The first kappa shape index (κ1) is 18.2. The molecule has 136 valence electrons. The molecule has 0 spiro atoms. The number of furan rings is 1. The quantitative estimate of drug-likeness (QED) is 0.583. The van der Waals surface area contributed by atoms with Gasteiger partial charge in [-0.2, -0.15) is 0 Å². The van der Waals surface area contributed by atoms with Gasteiger partial charge in [-0.15, -0.1) is 0 Å². The Kier molecular flexibility index (Phi) is 4.42. The zero-order valence-corrected chi connectivity index (χ0v) is 15.2. The van der Waals surface area contributed by atoms with Crippen molar-refractivity contribution >= 4 is 34.3 Å². The zero-order valence-electron chi connectivity index (χ0n) is 14.5. The van der Waals surface area contributed by atoms with Crippen molar-refractivity contribution in [2.24, 2.45) is 0 Å². The Hall–Kier alpha value is -2.57. The summed E-state index contributed by atoms with van der Waals surface area (Å²) in [6, 6.07) is 6.47. The molecule has 0 fully saturated rings. The fourth-order valence-electron chi connectivity index (χ4n) is 3.02. The lowest BCUT2D eigenvalue weighted by Crippen LogP contribution is -2.20. The topological polar surface area (TPSA) is 104 Å². The van der Waals surface area contributed by atoms with Gasteiger partial charge in [-0.1, -0.05) is 17.7 Å². The molecule has 0 radical (unpaired) electrons. The number of benzene rings is 1. The maximum atomic E-state index is 13.1. The van der Waals surface area contributed by atoms with E-state index in [0.29, 0.717) is 27.1 Å². The molecule has 6 nitrogen and oxygen atoms in total. The molecule has 0 aliphatic heterocycles. The Morgan fingerprint density at radius 3 is 2.58 bits per heavy atom. The van der Waals surface area contributed by atoms with E-state index in [0.717, 1.165) is 0 Å². The van der Waals surface area contributed by atoms with Crippen molar-refractivity contribution in [1.29, 1.82) is 0 Å². The number of fused-ring (bicyclic) bond motifs is 1. The van der Waals surface area contributed by atoms with Gasteiger partial charge in [0.1, 0.15) is 0 Å². The molecular formula is C19H18ClNO5. The summed E-state index contributed by atoms with van der Waals surface area (Å²) in [6.45, 7) is 4.59. The normalized spacial score (nSPS) is 13.1. The van der Waals surface area contributed by atoms with E-state index in [1.54, 1.807) is 32.0 Å². The number of H-pyrrole nitrogens is 1. The maximum Gasteiger partial charge on any atom is 0.310 e. The second-order valence-corrected chi connectivity index (χ2v) is 7.15. The Bertz CT molecular complexity index is 1010. The number of ketones is 1. The van der Waals surface area contributed by atoms with E-state index in [9.17, 15) is 19.8 Å². The van der Waals surface area contributed by atoms with Crippen LogP contribution in [0.5, 0.6) is 0 Å². The fraction of sp³-hybridized carbons (Fsp3) is 0.263. The average Bonchev–Trinajstić information content (AvgIpc) is 3.17. The highest BCUT2D eigenvalue weighted by atomic mass is 35.5. The van der Waals surface area contributed by atoms with Gasteiger partial charge in [-0.25, -0.2) is 0 Å². The van der Waals surface area contributed by atoms with E-state index in [1.165, 1.54) is 19.3 Å². The molecule has 3 rings (SSSR count). The molecule has 0 saturated heterocycles. The summed E-state index contributed by atoms with van der Waals surface area (Å²) in [6.07, 6.45) is 1.32. The molecular weight excluding hydrogens is 358 g/mol. The van der Waals surface area contributed by atoms with Crippen molar-refractivity contribution in [1.82, 2.24) is 4.98 Å². The summed E-state index contributed by atoms with van der Waals surface area (Å²) in [5.41, 5.74) is 0.0598. The van der Waals surface area contributed by atoms with Gasteiger partial charge in [0.15, 0.2) is 5.76 Å². The number of carbonyl (C=O) groups excluding carboxylic acids is 1. The first-order valence-corrected chi connectivity index (χ1v) is 8.38. The van der Waals surface area contributed by atoms with Gasteiger partial charge in [0, 0.05) is 27.1 Å². The second-order valence-electron chi connectivity index (χ2n) is 6.72. The van der Waals surface area contributed by atoms with Gasteiger partial charge < -0.3 is 19.6 Å². The number of hydrogen-bond donors (Lipinski definition) is 3. The van der Waals surface area contributed by atoms with Crippen molar-refractivity contribution in [2.45, 2.75) is 32.3 Å². The summed E-state index contributed by atoms with van der Waals surface area (Å²) in [5.74, 6) is -2.54. The molecule has 1 unspecified atom stereocenters. The van der Waals surface area contributed by atoms with Crippen LogP contribution >= 0.6 is 11.6 Å². The predicted molar refractivity (Wildman–Crippen MR) is 96.7 cm³/mol. The number of halogens is 1. The van der Waals surface area contributed by atoms with E-state index < -0.39 is 23.3 Å². The van der Waals surface area contributed by atoms with Gasteiger partial charge in [0.25, 0.3) is 0 Å². The summed E-state index contributed by atoms with van der Waals surface area (Å²) in [7, 11) is 0. The number of aliphatic hydroxyl groups is 1. The number of aliphatic carboxylic acids is 1. The standard InChI is InChI=1S/C19H18ClNO5/c1-9(18(23)24)14-11-5-4-10(20)8-13(11)21-15(14)16(22)17-12(6-7-26-17)19(2,3)25/h4-9,21,25H,1-3H3,(H,23,24). The summed E-state index contributed by atoms with van der Waals surface area (Å²) in [5, 5.41) is 20.8. The third-order valence-corrected chi connectivity index (χ3v) is 4.60. The summed E-state index contributed by atoms with van der Waals surface area (Å²) >= 11 is 6.01. The molecule has 0 saturated carbocycles. The number of carbonyl (C=O) groups is 2. The van der Waals surface area contributed by atoms with Crippen molar-refractivity contribution in [2.75, 3.05) is 0 Å². The van der Waals surface area contributed by atoms with Gasteiger partial charge in [0.05, 0.1) is 23.5 Å². The number of hydrogen-bond acceptors (Lipinski definition) is 4. The lowest BCUT2D eigenvalue weighted by atomic mass is 9.92. The van der Waals surface area contributed by atoms with Crippen LogP contribution in [0.1, 0.15) is 54.1 Å². The minimum Gasteiger partial charge on any atom is -0.481 e. The Balaban J connectivity index is 2.25. The second kappa shape index (κ2) is 6.30. The van der Waals surface area contributed by atoms with Gasteiger partial charge in [0.2, 0.25) is 5.78 Å².